The highest BCUT2D eigenvalue weighted by atomic mass is 79.9. The van der Waals surface area contributed by atoms with Gasteiger partial charge < -0.3 is 15.5 Å². The van der Waals surface area contributed by atoms with E-state index in [2.05, 4.69) is 21.2 Å². The highest BCUT2D eigenvalue weighted by molar-refractivity contribution is 9.10. The number of carbonyl (C=O) groups excluding carboxylic acids is 2. The fourth-order valence-electron chi connectivity index (χ4n) is 2.65. The molecule has 1 heterocycles. The topological polar surface area (TPSA) is 107 Å². The van der Waals surface area contributed by atoms with Gasteiger partial charge in [-0.1, -0.05) is 46.3 Å². The molecule has 3 N–H and O–H groups in total. The maximum atomic E-state index is 12.8. The molecule has 0 spiro atoms. The maximum Gasteiger partial charge on any atom is 0.303 e. The Bertz CT molecular complexity index is 859. The van der Waals surface area contributed by atoms with E-state index in [1.807, 2.05) is 0 Å². The standard InChI is InChI=1S/C19H21BrN2O5S2/c1-11(17(26)21-8-4-2-3-5-16(24)25)22-18(27)15(29-19(22)28)10-12-9-13(20)6-7-14(12)23/h6-7,9-11,23H,2-5,8H2,1H3,(H,21,26)(H,24,25)/b15-10-. The van der Waals surface area contributed by atoms with Crippen molar-refractivity contribution in [3.05, 3.63) is 33.1 Å². The number of phenolic OH excluding ortho intramolecular Hbond substituents is 1. The number of carbonyl (C=O) groups is 3. The fraction of sp³-hybridized carbons (Fsp3) is 0.368. The summed E-state index contributed by atoms with van der Waals surface area (Å²) in [5.41, 5.74) is 0.471. The molecule has 1 atom stereocenters. The predicted octanol–water partition coefficient (Wildman–Crippen LogP) is 3.51. The first kappa shape index (κ1) is 23.4. The van der Waals surface area contributed by atoms with Gasteiger partial charge in [0.25, 0.3) is 5.91 Å². The maximum absolute atomic E-state index is 12.8. The third-order valence-corrected chi connectivity index (χ3v) is 6.06. The predicted molar refractivity (Wildman–Crippen MR) is 119 cm³/mol. The van der Waals surface area contributed by atoms with E-state index in [-0.39, 0.29) is 28.3 Å². The van der Waals surface area contributed by atoms with Crippen molar-refractivity contribution in [1.82, 2.24) is 10.2 Å². The van der Waals surface area contributed by atoms with Crippen molar-refractivity contribution in [1.29, 1.82) is 0 Å². The normalized spacial score (nSPS) is 16.3. The molecule has 1 aromatic carbocycles. The summed E-state index contributed by atoms with van der Waals surface area (Å²) in [6.07, 6.45) is 3.57. The molecule has 0 aromatic heterocycles. The number of rotatable bonds is 9. The number of carboxylic acid groups (broad SMARTS) is 1. The number of thioether (sulfide) groups is 1. The molecule has 0 aliphatic carbocycles. The lowest BCUT2D eigenvalue weighted by Crippen LogP contribution is -2.47. The molecule has 0 saturated carbocycles. The van der Waals surface area contributed by atoms with Crippen LogP contribution in [0.2, 0.25) is 0 Å². The van der Waals surface area contributed by atoms with E-state index in [9.17, 15) is 19.5 Å². The first-order valence-electron chi connectivity index (χ1n) is 8.95. The second kappa shape index (κ2) is 10.7. The third kappa shape index (κ3) is 6.55. The molecule has 7 nitrogen and oxygen atoms in total. The molecule has 0 radical (unpaired) electrons. The van der Waals surface area contributed by atoms with Crippen molar-refractivity contribution in [2.24, 2.45) is 0 Å². The zero-order valence-electron chi connectivity index (χ0n) is 15.7. The van der Waals surface area contributed by atoms with Gasteiger partial charge in [-0.3, -0.25) is 19.3 Å². The van der Waals surface area contributed by atoms with E-state index < -0.39 is 12.0 Å². The molecule has 0 bridgehead atoms. The van der Waals surface area contributed by atoms with Gasteiger partial charge in [-0.2, -0.15) is 0 Å². The number of halogens is 1. The van der Waals surface area contributed by atoms with Crippen LogP contribution >= 0.6 is 39.9 Å². The van der Waals surface area contributed by atoms with Gasteiger partial charge in [-0.25, -0.2) is 0 Å². The van der Waals surface area contributed by atoms with E-state index in [0.717, 1.165) is 16.2 Å². The van der Waals surface area contributed by atoms with Gasteiger partial charge in [-0.15, -0.1) is 0 Å². The number of aliphatic carboxylic acids is 1. The highest BCUT2D eigenvalue weighted by Gasteiger charge is 2.38. The van der Waals surface area contributed by atoms with Crippen molar-refractivity contribution in [2.75, 3.05) is 6.54 Å². The second-order valence-corrected chi connectivity index (χ2v) is 9.02. The van der Waals surface area contributed by atoms with Crippen molar-refractivity contribution >= 4 is 68.1 Å². The average molecular weight is 501 g/mol. The first-order valence-corrected chi connectivity index (χ1v) is 11.0. The molecule has 29 heavy (non-hydrogen) atoms. The van der Waals surface area contributed by atoms with Crippen LogP contribution in [0.4, 0.5) is 0 Å². The molecule has 156 valence electrons. The quantitative estimate of drug-likeness (QED) is 0.270. The summed E-state index contributed by atoms with van der Waals surface area (Å²) >= 11 is 9.68. The van der Waals surface area contributed by atoms with Crippen LogP contribution < -0.4 is 5.32 Å². The Kier molecular flexibility index (Phi) is 8.66. The largest absolute Gasteiger partial charge is 0.507 e. The van der Waals surface area contributed by atoms with Crippen molar-refractivity contribution < 1.29 is 24.6 Å². The minimum Gasteiger partial charge on any atom is -0.507 e. The van der Waals surface area contributed by atoms with Gasteiger partial charge in [0, 0.05) is 23.0 Å². The SMILES string of the molecule is CC(C(=O)NCCCCCC(=O)O)N1C(=O)/C(=C/c2cc(Br)ccc2O)SC1=S. The number of unbranched alkanes of at least 4 members (excludes halogenated alkanes) is 2. The van der Waals surface area contributed by atoms with Gasteiger partial charge >= 0.3 is 5.97 Å². The van der Waals surface area contributed by atoms with Crippen LogP contribution in [0, 0.1) is 0 Å². The number of aromatic hydroxyl groups is 1. The van der Waals surface area contributed by atoms with Crippen LogP contribution in [0.3, 0.4) is 0 Å². The number of hydrogen-bond acceptors (Lipinski definition) is 6. The number of phenols is 1. The Morgan fingerprint density at radius 3 is 2.76 bits per heavy atom. The molecule has 1 aliphatic rings. The lowest BCUT2D eigenvalue weighted by Gasteiger charge is -2.22. The van der Waals surface area contributed by atoms with Crippen LogP contribution in [0.15, 0.2) is 27.6 Å². The minimum absolute atomic E-state index is 0.0344. The van der Waals surface area contributed by atoms with Crippen molar-refractivity contribution in [2.45, 2.75) is 38.6 Å². The van der Waals surface area contributed by atoms with Crippen LogP contribution in [-0.4, -0.2) is 49.8 Å². The van der Waals surface area contributed by atoms with E-state index >= 15 is 0 Å². The molecule has 1 saturated heterocycles. The zero-order valence-corrected chi connectivity index (χ0v) is 18.9. The number of nitrogens with one attached hydrogen (secondary N) is 1. The summed E-state index contributed by atoms with van der Waals surface area (Å²) in [5, 5.41) is 21.3. The summed E-state index contributed by atoms with van der Waals surface area (Å²) in [6.45, 7) is 2.00. The van der Waals surface area contributed by atoms with E-state index in [1.165, 1.54) is 11.0 Å². The van der Waals surface area contributed by atoms with Crippen LogP contribution in [0.5, 0.6) is 5.75 Å². The Balaban J connectivity index is 1.96. The van der Waals surface area contributed by atoms with Gasteiger partial charge in [0.15, 0.2) is 0 Å². The summed E-state index contributed by atoms with van der Waals surface area (Å²) in [4.78, 5) is 37.2. The van der Waals surface area contributed by atoms with E-state index in [4.69, 9.17) is 17.3 Å². The van der Waals surface area contributed by atoms with Gasteiger partial charge in [-0.05, 0) is 44.0 Å². The Morgan fingerprint density at radius 2 is 2.07 bits per heavy atom. The van der Waals surface area contributed by atoms with Crippen molar-refractivity contribution in [3.8, 4) is 5.75 Å². The zero-order chi connectivity index (χ0) is 21.6. The highest BCUT2D eigenvalue weighted by Crippen LogP contribution is 2.35. The average Bonchev–Trinajstić information content (AvgIpc) is 2.93. The summed E-state index contributed by atoms with van der Waals surface area (Å²) < 4.78 is 1.04. The molecule has 2 amide bonds. The Morgan fingerprint density at radius 1 is 1.34 bits per heavy atom. The summed E-state index contributed by atoms with van der Waals surface area (Å²) in [7, 11) is 0. The van der Waals surface area contributed by atoms with E-state index in [1.54, 1.807) is 25.1 Å². The molecular formula is C19H21BrN2O5S2. The number of nitrogens with zero attached hydrogens (tertiary/aromatic N) is 1. The molecule has 1 aromatic rings. The van der Waals surface area contributed by atoms with Crippen LogP contribution in [0.25, 0.3) is 6.08 Å². The molecular weight excluding hydrogens is 480 g/mol. The minimum atomic E-state index is -0.832. The molecule has 2 rings (SSSR count). The summed E-state index contributed by atoms with van der Waals surface area (Å²) in [6, 6.07) is 4.11. The van der Waals surface area contributed by atoms with Gasteiger partial charge in [0.05, 0.1) is 4.91 Å². The number of carboxylic acids is 1. The molecule has 1 fully saturated rings. The van der Waals surface area contributed by atoms with Crippen LogP contribution in [-0.2, 0) is 14.4 Å². The second-order valence-electron chi connectivity index (χ2n) is 6.43. The number of benzene rings is 1. The van der Waals surface area contributed by atoms with Gasteiger partial charge in [0.2, 0.25) is 5.91 Å². The van der Waals surface area contributed by atoms with Crippen molar-refractivity contribution in [3.63, 3.8) is 0 Å². The lowest BCUT2D eigenvalue weighted by atomic mass is 10.1. The molecule has 1 unspecified atom stereocenters. The van der Waals surface area contributed by atoms with Crippen LogP contribution in [0.1, 0.15) is 38.2 Å². The Labute approximate surface area is 186 Å². The fourth-order valence-corrected chi connectivity index (χ4v) is 4.44. The number of hydrogen-bond donors (Lipinski definition) is 3. The molecule has 1 aliphatic heterocycles. The monoisotopic (exact) mass is 500 g/mol. The van der Waals surface area contributed by atoms with Gasteiger partial charge in [0.1, 0.15) is 16.1 Å². The summed E-state index contributed by atoms with van der Waals surface area (Å²) in [5.74, 6) is -1.51. The smallest absolute Gasteiger partial charge is 0.303 e. The molecule has 10 heteroatoms. The number of amides is 2. The Hall–Kier alpha value is -1.91. The third-order valence-electron chi connectivity index (χ3n) is 4.23. The van der Waals surface area contributed by atoms with E-state index in [0.29, 0.717) is 36.3 Å². The lowest BCUT2D eigenvalue weighted by molar-refractivity contribution is -0.137. The number of thiocarbonyl (C=S) groups is 1. The first-order chi connectivity index (χ1) is 13.7.